The largest absolute Gasteiger partial charge is 0.315 e. The van der Waals surface area contributed by atoms with Crippen LogP contribution in [-0.4, -0.2) is 18.1 Å². The lowest BCUT2D eigenvalue weighted by molar-refractivity contribution is -0.923. The summed E-state index contributed by atoms with van der Waals surface area (Å²) in [6.07, 6.45) is 2.02. The molecule has 0 bridgehead atoms. The molecule has 0 saturated heterocycles. The summed E-state index contributed by atoms with van der Waals surface area (Å²) in [6, 6.07) is 8.73. The average Bonchev–Trinajstić information content (AvgIpc) is 2.40. The molecule has 0 N–H and O–H groups in total. The van der Waals surface area contributed by atoms with Crippen molar-refractivity contribution in [3.05, 3.63) is 48.0 Å². The quantitative estimate of drug-likeness (QED) is 0.477. The minimum Gasteiger partial charge on any atom is -0.315 e. The molecule has 1 heteroatoms. The van der Waals surface area contributed by atoms with Crippen LogP contribution >= 0.6 is 0 Å². The summed E-state index contributed by atoms with van der Waals surface area (Å²) >= 11 is 0. The van der Waals surface area contributed by atoms with Crippen LogP contribution in [0.15, 0.2) is 36.9 Å². The lowest BCUT2D eigenvalue weighted by Gasteiger charge is -2.27. The second kappa shape index (κ2) is 3.00. The third kappa shape index (κ3) is 1.52. The van der Waals surface area contributed by atoms with Crippen LogP contribution in [0.1, 0.15) is 11.1 Å². The number of likely N-dealkylation sites (N-methyl/N-ethyl adjacent to an activating group) is 1. The summed E-state index contributed by atoms with van der Waals surface area (Å²) < 4.78 is 1.09. The Kier molecular flexibility index (Phi) is 1.97. The van der Waals surface area contributed by atoms with E-state index in [1.165, 1.54) is 11.1 Å². The molecule has 0 aliphatic carbocycles. The molecule has 1 aliphatic heterocycles. The highest BCUT2D eigenvalue weighted by Gasteiger charge is 2.29. The Hall–Kier alpha value is -1.08. The van der Waals surface area contributed by atoms with Crippen LogP contribution in [0.3, 0.4) is 0 Å². The molecule has 2 rings (SSSR count). The highest BCUT2D eigenvalue weighted by molar-refractivity contribution is 5.27. The van der Waals surface area contributed by atoms with Crippen LogP contribution in [0, 0.1) is 0 Å². The summed E-state index contributed by atoms with van der Waals surface area (Å²) in [6.45, 7) is 7.19. The Balaban J connectivity index is 2.26. The van der Waals surface area contributed by atoms with E-state index in [2.05, 4.69) is 37.9 Å². The molecule has 0 radical (unpaired) electrons. The monoisotopic (exact) mass is 174 g/mol. The lowest BCUT2D eigenvalue weighted by atomic mass is 10.1. The molecule has 0 spiro atoms. The first-order valence-corrected chi connectivity index (χ1v) is 4.75. The topological polar surface area (TPSA) is 0 Å². The summed E-state index contributed by atoms with van der Waals surface area (Å²) in [5.41, 5.74) is 3.01. The maximum atomic E-state index is 3.82. The second-order valence-electron chi connectivity index (χ2n) is 4.18. The van der Waals surface area contributed by atoms with Gasteiger partial charge in [0.05, 0.1) is 13.6 Å². The van der Waals surface area contributed by atoms with Gasteiger partial charge in [-0.3, -0.25) is 0 Å². The molecule has 13 heavy (non-hydrogen) atoms. The molecular formula is C12H16N+. The van der Waals surface area contributed by atoms with Gasteiger partial charge in [0.1, 0.15) is 13.1 Å². The van der Waals surface area contributed by atoms with Gasteiger partial charge in [-0.05, 0) is 6.08 Å². The van der Waals surface area contributed by atoms with Crippen LogP contribution in [0.4, 0.5) is 0 Å². The van der Waals surface area contributed by atoms with Crippen molar-refractivity contribution in [1.29, 1.82) is 0 Å². The SMILES string of the molecule is C=CC[N+]1(C)Cc2ccccc2C1. The van der Waals surface area contributed by atoms with Gasteiger partial charge in [-0.15, -0.1) is 0 Å². The number of benzene rings is 1. The fraction of sp³-hybridized carbons (Fsp3) is 0.333. The van der Waals surface area contributed by atoms with Crippen molar-refractivity contribution in [1.82, 2.24) is 0 Å². The Morgan fingerprint density at radius 1 is 1.31 bits per heavy atom. The highest BCUT2D eigenvalue weighted by Crippen LogP contribution is 2.27. The molecular weight excluding hydrogens is 158 g/mol. The van der Waals surface area contributed by atoms with E-state index in [0.717, 1.165) is 24.1 Å². The molecule has 0 saturated carbocycles. The van der Waals surface area contributed by atoms with Crippen molar-refractivity contribution in [3.63, 3.8) is 0 Å². The lowest BCUT2D eigenvalue weighted by Crippen LogP contribution is -2.37. The van der Waals surface area contributed by atoms with Crippen molar-refractivity contribution >= 4 is 0 Å². The zero-order valence-electron chi connectivity index (χ0n) is 8.16. The fourth-order valence-corrected chi connectivity index (χ4v) is 2.19. The van der Waals surface area contributed by atoms with Crippen molar-refractivity contribution in [2.45, 2.75) is 13.1 Å². The Labute approximate surface area is 79.9 Å². The van der Waals surface area contributed by atoms with Gasteiger partial charge in [-0.25, -0.2) is 0 Å². The van der Waals surface area contributed by atoms with E-state index in [1.54, 1.807) is 0 Å². The van der Waals surface area contributed by atoms with Gasteiger partial charge in [0.25, 0.3) is 0 Å². The van der Waals surface area contributed by atoms with E-state index in [9.17, 15) is 0 Å². The zero-order chi connectivity index (χ0) is 9.31. The second-order valence-corrected chi connectivity index (χ2v) is 4.18. The number of nitrogens with zero attached hydrogens (tertiary/aromatic N) is 1. The van der Waals surface area contributed by atoms with E-state index < -0.39 is 0 Å². The van der Waals surface area contributed by atoms with Gasteiger partial charge in [0, 0.05) is 11.1 Å². The van der Waals surface area contributed by atoms with Crippen LogP contribution in [0.25, 0.3) is 0 Å². The molecule has 0 atom stereocenters. The van der Waals surface area contributed by atoms with E-state index in [1.807, 2.05) is 6.08 Å². The molecule has 0 unspecified atom stereocenters. The molecule has 0 aromatic heterocycles. The summed E-state index contributed by atoms with van der Waals surface area (Å²) in [5, 5.41) is 0. The smallest absolute Gasteiger partial charge is 0.105 e. The molecule has 1 nitrogen and oxygen atoms in total. The highest BCUT2D eigenvalue weighted by atomic mass is 15.3. The maximum Gasteiger partial charge on any atom is 0.105 e. The van der Waals surface area contributed by atoms with Crippen molar-refractivity contribution in [2.24, 2.45) is 0 Å². The van der Waals surface area contributed by atoms with E-state index >= 15 is 0 Å². The molecule has 1 aromatic carbocycles. The van der Waals surface area contributed by atoms with Gasteiger partial charge < -0.3 is 4.48 Å². The number of quaternary nitrogens is 1. The van der Waals surface area contributed by atoms with Crippen LogP contribution in [-0.2, 0) is 13.1 Å². The number of hydrogen-bond acceptors (Lipinski definition) is 0. The van der Waals surface area contributed by atoms with E-state index in [-0.39, 0.29) is 0 Å². The van der Waals surface area contributed by atoms with Crippen LogP contribution in [0.5, 0.6) is 0 Å². The van der Waals surface area contributed by atoms with Crippen LogP contribution in [0.2, 0.25) is 0 Å². The Bertz CT molecular complexity index is 303. The predicted octanol–water partition coefficient (Wildman–Crippen LogP) is 2.33. The van der Waals surface area contributed by atoms with Gasteiger partial charge in [-0.2, -0.15) is 0 Å². The predicted molar refractivity (Wildman–Crippen MR) is 55.1 cm³/mol. The molecule has 1 aromatic rings. The maximum absolute atomic E-state index is 3.82. The summed E-state index contributed by atoms with van der Waals surface area (Å²) in [5.74, 6) is 0. The van der Waals surface area contributed by atoms with Gasteiger partial charge in [-0.1, -0.05) is 30.8 Å². The van der Waals surface area contributed by atoms with Crippen molar-refractivity contribution in [2.75, 3.05) is 13.6 Å². The van der Waals surface area contributed by atoms with Crippen LogP contribution < -0.4 is 0 Å². The van der Waals surface area contributed by atoms with Gasteiger partial charge in [0.15, 0.2) is 0 Å². The number of hydrogen-bond donors (Lipinski definition) is 0. The minimum absolute atomic E-state index is 1.06. The third-order valence-corrected chi connectivity index (χ3v) is 2.79. The Morgan fingerprint density at radius 2 is 1.85 bits per heavy atom. The molecule has 68 valence electrons. The molecule has 1 aliphatic rings. The number of fused-ring (bicyclic) bond motifs is 1. The number of rotatable bonds is 2. The zero-order valence-corrected chi connectivity index (χ0v) is 8.16. The first-order valence-electron chi connectivity index (χ1n) is 4.75. The van der Waals surface area contributed by atoms with E-state index in [4.69, 9.17) is 0 Å². The molecule has 0 amide bonds. The average molecular weight is 174 g/mol. The summed E-state index contributed by atoms with van der Waals surface area (Å²) in [4.78, 5) is 0. The first-order chi connectivity index (χ1) is 6.23. The molecule has 1 heterocycles. The van der Waals surface area contributed by atoms with Crippen molar-refractivity contribution in [3.8, 4) is 0 Å². The summed E-state index contributed by atoms with van der Waals surface area (Å²) in [7, 11) is 2.29. The minimum atomic E-state index is 1.06. The van der Waals surface area contributed by atoms with Crippen molar-refractivity contribution < 1.29 is 4.48 Å². The Morgan fingerprint density at radius 3 is 2.31 bits per heavy atom. The third-order valence-electron chi connectivity index (χ3n) is 2.79. The van der Waals surface area contributed by atoms with Gasteiger partial charge in [0.2, 0.25) is 0 Å². The van der Waals surface area contributed by atoms with E-state index in [0.29, 0.717) is 0 Å². The molecule has 0 fully saturated rings. The standard InChI is InChI=1S/C12H16N/c1-3-8-13(2)9-11-6-4-5-7-12(11)10-13/h3-7H,1,8-10H2,2H3/q+1. The first kappa shape index (κ1) is 8.52. The normalized spacial score (nSPS) is 18.2. The van der Waals surface area contributed by atoms with Gasteiger partial charge >= 0.3 is 0 Å². The fourth-order valence-electron chi connectivity index (χ4n) is 2.19.